The number of hydrogen-bond donors (Lipinski definition) is 2. The SMILES string of the molecule is Cc1nc(NCc2cccc(F)c2)cc2n[nH]c(=O)n12. The normalized spacial score (nSPS) is 10.9. The molecule has 2 heterocycles. The summed E-state index contributed by atoms with van der Waals surface area (Å²) in [5.41, 5.74) is 0.981. The number of anilines is 1. The molecule has 1 aromatic carbocycles. The molecular formula is C13H12FN5O. The summed E-state index contributed by atoms with van der Waals surface area (Å²) < 4.78 is 14.5. The molecule has 0 bridgehead atoms. The van der Waals surface area contributed by atoms with Gasteiger partial charge in [-0.1, -0.05) is 12.1 Å². The summed E-state index contributed by atoms with van der Waals surface area (Å²) in [6, 6.07) is 7.98. The van der Waals surface area contributed by atoms with Crippen molar-refractivity contribution in [3.63, 3.8) is 0 Å². The van der Waals surface area contributed by atoms with Crippen LogP contribution in [-0.4, -0.2) is 19.6 Å². The van der Waals surface area contributed by atoms with Crippen molar-refractivity contribution in [3.8, 4) is 0 Å². The maximum absolute atomic E-state index is 13.1. The molecule has 7 heteroatoms. The van der Waals surface area contributed by atoms with Crippen LogP contribution >= 0.6 is 0 Å². The highest BCUT2D eigenvalue weighted by molar-refractivity contribution is 5.49. The minimum absolute atomic E-state index is 0.275. The molecule has 0 atom stereocenters. The summed E-state index contributed by atoms with van der Waals surface area (Å²) in [5.74, 6) is 0.837. The Balaban J connectivity index is 1.86. The van der Waals surface area contributed by atoms with E-state index in [2.05, 4.69) is 20.5 Å². The Morgan fingerprint density at radius 2 is 2.25 bits per heavy atom. The number of H-pyrrole nitrogens is 1. The van der Waals surface area contributed by atoms with Crippen molar-refractivity contribution in [2.24, 2.45) is 0 Å². The van der Waals surface area contributed by atoms with Gasteiger partial charge in [0.05, 0.1) is 0 Å². The van der Waals surface area contributed by atoms with E-state index in [0.717, 1.165) is 5.56 Å². The molecular weight excluding hydrogens is 261 g/mol. The Labute approximate surface area is 113 Å². The van der Waals surface area contributed by atoms with Gasteiger partial charge in [-0.15, -0.1) is 0 Å². The highest BCUT2D eigenvalue weighted by Gasteiger charge is 2.06. The number of hydrogen-bond acceptors (Lipinski definition) is 4. The zero-order valence-electron chi connectivity index (χ0n) is 10.7. The van der Waals surface area contributed by atoms with Gasteiger partial charge in [0, 0.05) is 12.6 Å². The second kappa shape index (κ2) is 4.76. The number of halogens is 1. The average molecular weight is 273 g/mol. The van der Waals surface area contributed by atoms with Crippen molar-refractivity contribution in [2.45, 2.75) is 13.5 Å². The molecule has 3 aromatic rings. The molecule has 0 saturated carbocycles. The Morgan fingerprint density at radius 3 is 3.05 bits per heavy atom. The number of nitrogens with zero attached hydrogens (tertiary/aromatic N) is 3. The van der Waals surface area contributed by atoms with Gasteiger partial charge in [-0.25, -0.2) is 23.7 Å². The first kappa shape index (κ1) is 12.3. The molecule has 3 rings (SSSR count). The molecule has 20 heavy (non-hydrogen) atoms. The molecule has 0 radical (unpaired) electrons. The summed E-state index contributed by atoms with van der Waals surface area (Å²) in [6.07, 6.45) is 0. The van der Waals surface area contributed by atoms with E-state index in [-0.39, 0.29) is 11.5 Å². The minimum Gasteiger partial charge on any atom is -0.366 e. The minimum atomic E-state index is -0.318. The number of aromatic nitrogens is 4. The first-order chi connectivity index (χ1) is 9.63. The second-order valence-corrected chi connectivity index (χ2v) is 4.39. The monoisotopic (exact) mass is 273 g/mol. The van der Waals surface area contributed by atoms with E-state index in [1.54, 1.807) is 19.1 Å². The van der Waals surface area contributed by atoms with E-state index in [1.807, 2.05) is 6.07 Å². The largest absolute Gasteiger partial charge is 0.366 e. The van der Waals surface area contributed by atoms with E-state index in [4.69, 9.17) is 0 Å². The van der Waals surface area contributed by atoms with Crippen molar-refractivity contribution in [1.82, 2.24) is 19.6 Å². The molecule has 102 valence electrons. The molecule has 2 N–H and O–H groups in total. The van der Waals surface area contributed by atoms with Gasteiger partial charge >= 0.3 is 5.69 Å². The number of aryl methyl sites for hydroxylation is 1. The first-order valence-electron chi connectivity index (χ1n) is 6.06. The van der Waals surface area contributed by atoms with Gasteiger partial charge in [-0.3, -0.25) is 0 Å². The second-order valence-electron chi connectivity index (χ2n) is 4.39. The zero-order chi connectivity index (χ0) is 14.1. The number of aromatic amines is 1. The molecule has 0 fully saturated rings. The van der Waals surface area contributed by atoms with Crippen molar-refractivity contribution < 1.29 is 4.39 Å². The maximum atomic E-state index is 13.1. The first-order valence-corrected chi connectivity index (χ1v) is 6.06. The van der Waals surface area contributed by atoms with Crippen LogP contribution in [0, 0.1) is 12.7 Å². The van der Waals surface area contributed by atoms with Crippen LogP contribution in [0.4, 0.5) is 10.2 Å². The van der Waals surface area contributed by atoms with Gasteiger partial charge in [0.2, 0.25) is 0 Å². The number of fused-ring (bicyclic) bond motifs is 1. The smallest absolute Gasteiger partial charge is 0.349 e. The van der Waals surface area contributed by atoms with E-state index < -0.39 is 0 Å². The molecule has 0 aliphatic rings. The van der Waals surface area contributed by atoms with E-state index in [1.165, 1.54) is 16.5 Å². The van der Waals surface area contributed by atoms with Gasteiger partial charge < -0.3 is 5.32 Å². The highest BCUT2D eigenvalue weighted by atomic mass is 19.1. The summed E-state index contributed by atoms with van der Waals surface area (Å²) >= 11 is 0. The Kier molecular flexibility index (Phi) is 2.94. The van der Waals surface area contributed by atoms with Crippen LogP contribution < -0.4 is 11.0 Å². The Bertz CT molecular complexity index is 823. The molecule has 0 saturated heterocycles. The van der Waals surface area contributed by atoms with Gasteiger partial charge in [-0.05, 0) is 24.6 Å². The van der Waals surface area contributed by atoms with Crippen LogP contribution in [0.15, 0.2) is 35.1 Å². The number of rotatable bonds is 3. The van der Waals surface area contributed by atoms with Crippen LogP contribution in [0.1, 0.15) is 11.4 Å². The number of benzene rings is 1. The van der Waals surface area contributed by atoms with E-state index in [0.29, 0.717) is 23.8 Å². The molecule has 0 amide bonds. The molecule has 0 spiro atoms. The van der Waals surface area contributed by atoms with Gasteiger partial charge in [-0.2, -0.15) is 5.10 Å². The Hall–Kier alpha value is -2.70. The molecule has 0 unspecified atom stereocenters. The van der Waals surface area contributed by atoms with Gasteiger partial charge in [0.25, 0.3) is 0 Å². The van der Waals surface area contributed by atoms with Gasteiger partial charge in [0.15, 0.2) is 5.65 Å². The van der Waals surface area contributed by atoms with Crippen molar-refractivity contribution in [2.75, 3.05) is 5.32 Å². The lowest BCUT2D eigenvalue weighted by Gasteiger charge is -2.07. The molecule has 0 aliphatic heterocycles. The topological polar surface area (TPSA) is 75.1 Å². The van der Waals surface area contributed by atoms with Crippen LogP contribution in [0.2, 0.25) is 0 Å². The van der Waals surface area contributed by atoms with E-state index in [9.17, 15) is 9.18 Å². The summed E-state index contributed by atoms with van der Waals surface area (Å²) in [4.78, 5) is 15.7. The third-order valence-corrected chi connectivity index (χ3v) is 2.93. The highest BCUT2D eigenvalue weighted by Crippen LogP contribution is 2.10. The summed E-state index contributed by atoms with van der Waals surface area (Å²) in [7, 11) is 0. The van der Waals surface area contributed by atoms with Gasteiger partial charge in [0.1, 0.15) is 17.5 Å². The number of nitrogens with one attached hydrogen (secondary N) is 2. The Morgan fingerprint density at radius 1 is 1.40 bits per heavy atom. The van der Waals surface area contributed by atoms with Crippen molar-refractivity contribution >= 4 is 11.5 Å². The van der Waals surface area contributed by atoms with Crippen LogP contribution in [-0.2, 0) is 6.54 Å². The lowest BCUT2D eigenvalue weighted by atomic mass is 10.2. The third-order valence-electron chi connectivity index (χ3n) is 2.93. The molecule has 2 aromatic heterocycles. The fourth-order valence-corrected chi connectivity index (χ4v) is 2.03. The quantitative estimate of drug-likeness (QED) is 0.758. The average Bonchev–Trinajstić information content (AvgIpc) is 2.79. The summed E-state index contributed by atoms with van der Waals surface area (Å²) in [5, 5.41) is 9.34. The van der Waals surface area contributed by atoms with Crippen molar-refractivity contribution in [3.05, 3.63) is 58.0 Å². The fourth-order valence-electron chi connectivity index (χ4n) is 2.03. The van der Waals surface area contributed by atoms with Crippen molar-refractivity contribution in [1.29, 1.82) is 0 Å². The fraction of sp³-hybridized carbons (Fsp3) is 0.154. The maximum Gasteiger partial charge on any atom is 0.349 e. The predicted octanol–water partition coefficient (Wildman–Crippen LogP) is 1.48. The third kappa shape index (κ3) is 2.25. The molecule has 0 aliphatic carbocycles. The van der Waals surface area contributed by atoms with Crippen LogP contribution in [0.5, 0.6) is 0 Å². The standard InChI is InChI=1S/C13H12FN5O/c1-8-16-11(6-12-17-18-13(20)19(8)12)15-7-9-3-2-4-10(14)5-9/h2-6,15H,7H2,1H3,(H,18,20). The van der Waals surface area contributed by atoms with Crippen LogP contribution in [0.25, 0.3) is 5.65 Å². The predicted molar refractivity (Wildman–Crippen MR) is 72.1 cm³/mol. The molecule has 6 nitrogen and oxygen atoms in total. The van der Waals surface area contributed by atoms with E-state index >= 15 is 0 Å². The van der Waals surface area contributed by atoms with Crippen LogP contribution in [0.3, 0.4) is 0 Å². The lowest BCUT2D eigenvalue weighted by Crippen LogP contribution is -2.14. The zero-order valence-corrected chi connectivity index (χ0v) is 10.7. The lowest BCUT2D eigenvalue weighted by molar-refractivity contribution is 0.626. The summed E-state index contributed by atoms with van der Waals surface area (Å²) in [6.45, 7) is 2.16.